The SMILES string of the molecule is O=C(NCCCN1CCc2ccccc2C1)C1CCCN1C(=O)c1ccc(Br)cc1. The van der Waals surface area contributed by atoms with Gasteiger partial charge in [0.25, 0.3) is 5.91 Å². The Morgan fingerprint density at radius 2 is 1.80 bits per heavy atom. The largest absolute Gasteiger partial charge is 0.354 e. The van der Waals surface area contributed by atoms with Crippen molar-refractivity contribution < 1.29 is 9.59 Å². The van der Waals surface area contributed by atoms with Crippen LogP contribution in [0, 0.1) is 0 Å². The Kier molecular flexibility index (Phi) is 6.85. The second-order valence-corrected chi connectivity index (χ2v) is 9.02. The number of nitrogens with zero attached hydrogens (tertiary/aromatic N) is 2. The number of likely N-dealkylation sites (tertiary alicyclic amines) is 1. The lowest BCUT2D eigenvalue weighted by Crippen LogP contribution is -2.46. The topological polar surface area (TPSA) is 52.7 Å². The Balaban J connectivity index is 1.24. The molecule has 0 radical (unpaired) electrons. The van der Waals surface area contributed by atoms with Crippen LogP contribution in [-0.4, -0.2) is 53.8 Å². The highest BCUT2D eigenvalue weighted by atomic mass is 79.9. The van der Waals surface area contributed by atoms with E-state index in [-0.39, 0.29) is 17.9 Å². The van der Waals surface area contributed by atoms with Crippen LogP contribution >= 0.6 is 15.9 Å². The van der Waals surface area contributed by atoms with Crippen molar-refractivity contribution in [2.75, 3.05) is 26.2 Å². The van der Waals surface area contributed by atoms with Crippen LogP contribution in [0.1, 0.15) is 40.7 Å². The zero-order valence-electron chi connectivity index (χ0n) is 17.1. The molecule has 2 aliphatic rings. The highest BCUT2D eigenvalue weighted by Gasteiger charge is 2.34. The molecule has 6 heteroatoms. The smallest absolute Gasteiger partial charge is 0.254 e. The van der Waals surface area contributed by atoms with Crippen LogP contribution in [0.4, 0.5) is 0 Å². The average Bonchev–Trinajstić information content (AvgIpc) is 3.26. The molecule has 1 N–H and O–H groups in total. The predicted octanol–water partition coefficient (Wildman–Crippen LogP) is 3.62. The van der Waals surface area contributed by atoms with E-state index in [9.17, 15) is 9.59 Å². The number of hydrogen-bond acceptors (Lipinski definition) is 3. The summed E-state index contributed by atoms with van der Waals surface area (Å²) in [6.07, 6.45) is 3.61. The van der Waals surface area contributed by atoms with Crippen LogP contribution < -0.4 is 5.32 Å². The molecule has 5 nitrogen and oxygen atoms in total. The number of fused-ring (bicyclic) bond motifs is 1. The first-order valence-corrected chi connectivity index (χ1v) is 11.5. The molecule has 2 aromatic rings. The maximum absolute atomic E-state index is 12.8. The van der Waals surface area contributed by atoms with E-state index in [4.69, 9.17) is 0 Å². The number of carbonyl (C=O) groups is 2. The van der Waals surface area contributed by atoms with Gasteiger partial charge in [-0.15, -0.1) is 0 Å². The van der Waals surface area contributed by atoms with Crippen molar-refractivity contribution in [2.24, 2.45) is 0 Å². The van der Waals surface area contributed by atoms with Crippen molar-refractivity contribution in [3.8, 4) is 0 Å². The van der Waals surface area contributed by atoms with Crippen LogP contribution in [0.2, 0.25) is 0 Å². The van der Waals surface area contributed by atoms with Gasteiger partial charge in [-0.25, -0.2) is 0 Å². The fourth-order valence-corrected chi connectivity index (χ4v) is 4.68. The lowest BCUT2D eigenvalue weighted by atomic mass is 10.00. The Morgan fingerprint density at radius 1 is 1.03 bits per heavy atom. The summed E-state index contributed by atoms with van der Waals surface area (Å²) in [5, 5.41) is 3.06. The fraction of sp³-hybridized carbons (Fsp3) is 0.417. The molecule has 4 rings (SSSR count). The standard InChI is InChI=1S/C24H28BrN3O2/c25-21-10-8-19(9-11-21)24(30)28-15-3-7-22(28)23(29)26-13-4-14-27-16-12-18-5-1-2-6-20(18)17-27/h1-2,5-6,8-11,22H,3-4,7,12-17H2,(H,26,29). The highest BCUT2D eigenvalue weighted by Crippen LogP contribution is 2.22. The molecule has 0 bridgehead atoms. The molecule has 0 spiro atoms. The molecular formula is C24H28BrN3O2. The molecule has 1 fully saturated rings. The molecular weight excluding hydrogens is 442 g/mol. The Labute approximate surface area is 186 Å². The Hall–Kier alpha value is -2.18. The number of halogens is 1. The van der Waals surface area contributed by atoms with Gasteiger partial charge in [0.2, 0.25) is 5.91 Å². The van der Waals surface area contributed by atoms with Crippen LogP contribution in [0.25, 0.3) is 0 Å². The van der Waals surface area contributed by atoms with Gasteiger partial charge in [0, 0.05) is 42.8 Å². The van der Waals surface area contributed by atoms with E-state index in [2.05, 4.69) is 50.4 Å². The summed E-state index contributed by atoms with van der Waals surface area (Å²) in [6.45, 7) is 4.32. The Morgan fingerprint density at radius 3 is 2.60 bits per heavy atom. The van der Waals surface area contributed by atoms with Crippen molar-refractivity contribution in [1.82, 2.24) is 15.1 Å². The Bertz CT molecular complexity index is 900. The van der Waals surface area contributed by atoms with Gasteiger partial charge >= 0.3 is 0 Å². The number of amides is 2. The second-order valence-electron chi connectivity index (χ2n) is 8.10. The second kappa shape index (κ2) is 9.75. The van der Waals surface area contributed by atoms with Gasteiger partial charge in [0.05, 0.1) is 0 Å². The zero-order chi connectivity index (χ0) is 20.9. The number of carbonyl (C=O) groups excluding carboxylic acids is 2. The van der Waals surface area contributed by atoms with Crippen LogP contribution in [0.15, 0.2) is 53.0 Å². The molecule has 0 aliphatic carbocycles. The highest BCUT2D eigenvalue weighted by molar-refractivity contribution is 9.10. The van der Waals surface area contributed by atoms with Crippen LogP contribution in [0.3, 0.4) is 0 Å². The summed E-state index contributed by atoms with van der Waals surface area (Å²) < 4.78 is 0.937. The van der Waals surface area contributed by atoms with Gasteiger partial charge in [-0.3, -0.25) is 14.5 Å². The van der Waals surface area contributed by atoms with E-state index >= 15 is 0 Å². The summed E-state index contributed by atoms with van der Waals surface area (Å²) in [7, 11) is 0. The summed E-state index contributed by atoms with van der Waals surface area (Å²) >= 11 is 3.39. The van der Waals surface area contributed by atoms with Gasteiger partial charge in [0.1, 0.15) is 6.04 Å². The molecule has 1 saturated heterocycles. The van der Waals surface area contributed by atoms with E-state index in [1.54, 1.807) is 17.0 Å². The molecule has 2 aromatic carbocycles. The van der Waals surface area contributed by atoms with Crippen molar-refractivity contribution in [2.45, 2.75) is 38.3 Å². The van der Waals surface area contributed by atoms with E-state index in [1.165, 1.54) is 11.1 Å². The quantitative estimate of drug-likeness (QED) is 0.657. The van der Waals surface area contributed by atoms with Crippen molar-refractivity contribution in [3.05, 3.63) is 69.7 Å². The normalized spacial score (nSPS) is 18.8. The minimum atomic E-state index is -0.358. The number of hydrogen-bond donors (Lipinski definition) is 1. The molecule has 0 aromatic heterocycles. The number of rotatable bonds is 6. The number of benzene rings is 2. The predicted molar refractivity (Wildman–Crippen MR) is 121 cm³/mol. The fourth-order valence-electron chi connectivity index (χ4n) is 4.42. The molecule has 30 heavy (non-hydrogen) atoms. The van der Waals surface area contributed by atoms with Crippen LogP contribution in [-0.2, 0) is 17.8 Å². The minimum Gasteiger partial charge on any atom is -0.354 e. The third-order valence-electron chi connectivity index (χ3n) is 6.07. The van der Waals surface area contributed by atoms with E-state index < -0.39 is 0 Å². The first-order valence-electron chi connectivity index (χ1n) is 10.8. The summed E-state index contributed by atoms with van der Waals surface area (Å²) in [5.41, 5.74) is 3.50. The maximum atomic E-state index is 12.8. The first kappa shape index (κ1) is 21.1. The summed E-state index contributed by atoms with van der Waals surface area (Å²) in [4.78, 5) is 29.7. The zero-order valence-corrected chi connectivity index (χ0v) is 18.7. The molecule has 158 valence electrons. The van der Waals surface area contributed by atoms with E-state index in [0.29, 0.717) is 18.7 Å². The van der Waals surface area contributed by atoms with Gasteiger partial charge in [0.15, 0.2) is 0 Å². The summed E-state index contributed by atoms with van der Waals surface area (Å²) in [6, 6.07) is 15.6. The van der Waals surface area contributed by atoms with E-state index in [1.807, 2.05) is 12.1 Å². The first-order chi connectivity index (χ1) is 14.6. The molecule has 1 atom stereocenters. The molecule has 2 amide bonds. The van der Waals surface area contributed by atoms with E-state index in [0.717, 1.165) is 49.8 Å². The molecule has 1 unspecified atom stereocenters. The minimum absolute atomic E-state index is 0.0260. The third kappa shape index (κ3) is 4.93. The lowest BCUT2D eigenvalue weighted by Gasteiger charge is -2.29. The van der Waals surface area contributed by atoms with Crippen molar-refractivity contribution in [3.63, 3.8) is 0 Å². The van der Waals surface area contributed by atoms with Gasteiger partial charge in [-0.2, -0.15) is 0 Å². The van der Waals surface area contributed by atoms with Crippen molar-refractivity contribution >= 4 is 27.7 Å². The average molecular weight is 470 g/mol. The molecule has 2 aliphatic heterocycles. The molecule has 2 heterocycles. The van der Waals surface area contributed by atoms with Crippen LogP contribution in [0.5, 0.6) is 0 Å². The maximum Gasteiger partial charge on any atom is 0.254 e. The number of nitrogens with one attached hydrogen (secondary N) is 1. The summed E-state index contributed by atoms with van der Waals surface area (Å²) in [5.74, 6) is -0.0888. The third-order valence-corrected chi connectivity index (χ3v) is 6.60. The van der Waals surface area contributed by atoms with Gasteiger partial charge < -0.3 is 10.2 Å². The monoisotopic (exact) mass is 469 g/mol. The van der Waals surface area contributed by atoms with Crippen molar-refractivity contribution in [1.29, 1.82) is 0 Å². The van der Waals surface area contributed by atoms with Gasteiger partial charge in [-0.1, -0.05) is 40.2 Å². The molecule has 0 saturated carbocycles. The lowest BCUT2D eigenvalue weighted by molar-refractivity contribution is -0.124. The van der Waals surface area contributed by atoms with Gasteiger partial charge in [-0.05, 0) is 61.1 Å².